The molecule has 1 aliphatic heterocycles. The monoisotopic (exact) mass is 366 g/mol. The average Bonchev–Trinajstić information content (AvgIpc) is 3.13. The van der Waals surface area contributed by atoms with Crippen LogP contribution in [-0.2, 0) is 11.2 Å². The fourth-order valence-electron chi connectivity index (χ4n) is 3.41. The molecular formula is C21H19ClN2O2. The zero-order chi connectivity index (χ0) is 17.9. The number of carbonyl (C=O) groups excluding carboxylic acids is 1. The summed E-state index contributed by atoms with van der Waals surface area (Å²) in [6.07, 6.45) is 4.39. The van der Waals surface area contributed by atoms with E-state index in [1.165, 1.54) is 0 Å². The van der Waals surface area contributed by atoms with Crippen molar-refractivity contribution < 1.29 is 9.53 Å². The fraction of sp³-hybridized carbons (Fsp3) is 0.238. The highest BCUT2D eigenvalue weighted by molar-refractivity contribution is 6.31. The summed E-state index contributed by atoms with van der Waals surface area (Å²) in [5.41, 5.74) is 1.06. The molecule has 132 valence electrons. The topological polar surface area (TPSA) is 42.4 Å². The Morgan fingerprint density at radius 2 is 2.04 bits per heavy atom. The van der Waals surface area contributed by atoms with E-state index in [9.17, 15) is 4.79 Å². The number of ether oxygens (including phenoxy) is 1. The molecule has 0 N–H and O–H groups in total. The number of nitrogens with zero attached hydrogens (tertiary/aromatic N) is 2. The molecule has 1 aromatic heterocycles. The molecule has 0 saturated carbocycles. The van der Waals surface area contributed by atoms with Gasteiger partial charge in [0, 0.05) is 31.4 Å². The average molecular weight is 367 g/mol. The number of rotatable bonds is 4. The number of pyridine rings is 1. The first-order valence-electron chi connectivity index (χ1n) is 8.71. The lowest BCUT2D eigenvalue weighted by Crippen LogP contribution is -2.32. The summed E-state index contributed by atoms with van der Waals surface area (Å²) in [6.45, 7) is 1.29. The van der Waals surface area contributed by atoms with E-state index in [-0.39, 0.29) is 12.0 Å². The molecule has 0 unspecified atom stereocenters. The summed E-state index contributed by atoms with van der Waals surface area (Å²) < 4.78 is 5.94. The van der Waals surface area contributed by atoms with Crippen LogP contribution < -0.4 is 4.74 Å². The molecule has 4 nitrogen and oxygen atoms in total. The van der Waals surface area contributed by atoms with Gasteiger partial charge in [0.15, 0.2) is 0 Å². The predicted molar refractivity (Wildman–Crippen MR) is 103 cm³/mol. The summed E-state index contributed by atoms with van der Waals surface area (Å²) in [6, 6.07) is 16.0. The highest BCUT2D eigenvalue weighted by Crippen LogP contribution is 2.26. The van der Waals surface area contributed by atoms with Crippen molar-refractivity contribution in [2.45, 2.75) is 18.9 Å². The lowest BCUT2D eigenvalue weighted by atomic mass is 10.0. The van der Waals surface area contributed by atoms with Crippen LogP contribution >= 0.6 is 11.6 Å². The van der Waals surface area contributed by atoms with E-state index in [0.29, 0.717) is 30.3 Å². The summed E-state index contributed by atoms with van der Waals surface area (Å²) in [5.74, 6) is 0.753. The molecule has 1 atom stereocenters. The standard InChI is InChI=1S/C21H19ClN2O2/c22-19-13-23-10-8-20(19)26-17-9-11-24(14-17)21(25)12-16-6-3-5-15-4-1-2-7-18(15)16/h1-8,10,13,17H,9,11-12,14H2/t17-/m1/s1. The first kappa shape index (κ1) is 16.9. The minimum absolute atomic E-state index is 0.0358. The molecule has 0 radical (unpaired) electrons. The van der Waals surface area contributed by atoms with Crippen molar-refractivity contribution in [2.24, 2.45) is 0 Å². The Kier molecular flexibility index (Phi) is 4.76. The van der Waals surface area contributed by atoms with Gasteiger partial charge in [-0.05, 0) is 16.3 Å². The van der Waals surface area contributed by atoms with Crippen molar-refractivity contribution in [2.75, 3.05) is 13.1 Å². The minimum Gasteiger partial charge on any atom is -0.487 e. The Balaban J connectivity index is 1.42. The van der Waals surface area contributed by atoms with Gasteiger partial charge in [0.25, 0.3) is 0 Å². The zero-order valence-electron chi connectivity index (χ0n) is 14.3. The van der Waals surface area contributed by atoms with Crippen molar-refractivity contribution >= 4 is 28.3 Å². The minimum atomic E-state index is -0.0358. The van der Waals surface area contributed by atoms with E-state index in [4.69, 9.17) is 16.3 Å². The SMILES string of the molecule is O=C(Cc1cccc2ccccc12)N1CC[C@@H](Oc2ccncc2Cl)C1. The lowest BCUT2D eigenvalue weighted by molar-refractivity contribution is -0.129. The van der Waals surface area contributed by atoms with Crippen molar-refractivity contribution in [1.82, 2.24) is 9.88 Å². The molecule has 26 heavy (non-hydrogen) atoms. The van der Waals surface area contributed by atoms with Gasteiger partial charge in [-0.3, -0.25) is 9.78 Å². The molecular weight excluding hydrogens is 348 g/mol. The Labute approximate surface area is 157 Å². The van der Waals surface area contributed by atoms with E-state index in [1.807, 2.05) is 29.2 Å². The number of amides is 1. The van der Waals surface area contributed by atoms with E-state index in [1.54, 1.807) is 18.5 Å². The van der Waals surface area contributed by atoms with Crippen LogP contribution in [0, 0.1) is 0 Å². The van der Waals surface area contributed by atoms with Gasteiger partial charge in [-0.25, -0.2) is 0 Å². The largest absolute Gasteiger partial charge is 0.487 e. The van der Waals surface area contributed by atoms with Gasteiger partial charge in [0.1, 0.15) is 16.9 Å². The molecule has 2 heterocycles. The Bertz CT molecular complexity index is 939. The quantitative estimate of drug-likeness (QED) is 0.697. The first-order valence-corrected chi connectivity index (χ1v) is 9.09. The number of carbonyl (C=O) groups is 1. The molecule has 1 aliphatic rings. The van der Waals surface area contributed by atoms with Gasteiger partial charge in [-0.1, -0.05) is 54.1 Å². The van der Waals surface area contributed by atoms with E-state index < -0.39 is 0 Å². The number of likely N-dealkylation sites (tertiary alicyclic amines) is 1. The molecule has 0 aliphatic carbocycles. The van der Waals surface area contributed by atoms with Gasteiger partial charge in [-0.15, -0.1) is 0 Å². The Hall–Kier alpha value is -2.59. The third kappa shape index (κ3) is 3.51. The maximum absolute atomic E-state index is 12.8. The third-order valence-electron chi connectivity index (χ3n) is 4.75. The summed E-state index contributed by atoms with van der Waals surface area (Å²) >= 11 is 6.10. The summed E-state index contributed by atoms with van der Waals surface area (Å²) in [7, 11) is 0. The second kappa shape index (κ2) is 7.34. The van der Waals surface area contributed by atoms with Crippen LogP contribution in [0.25, 0.3) is 10.8 Å². The first-order chi connectivity index (χ1) is 12.7. The number of halogens is 1. The van der Waals surface area contributed by atoms with Crippen molar-refractivity contribution in [3.8, 4) is 5.75 Å². The number of benzene rings is 2. The van der Waals surface area contributed by atoms with Crippen LogP contribution in [-0.4, -0.2) is 35.0 Å². The Morgan fingerprint density at radius 3 is 2.92 bits per heavy atom. The summed E-state index contributed by atoms with van der Waals surface area (Å²) in [4.78, 5) is 18.6. The molecule has 4 rings (SSSR count). The number of hydrogen-bond acceptors (Lipinski definition) is 3. The molecule has 5 heteroatoms. The maximum atomic E-state index is 12.8. The van der Waals surface area contributed by atoms with E-state index >= 15 is 0 Å². The summed E-state index contributed by atoms with van der Waals surface area (Å²) in [5, 5.41) is 2.79. The van der Waals surface area contributed by atoms with Gasteiger partial charge < -0.3 is 9.64 Å². The van der Waals surface area contributed by atoms with Crippen molar-refractivity contribution in [3.63, 3.8) is 0 Å². The van der Waals surface area contributed by atoms with Gasteiger partial charge in [0.2, 0.25) is 5.91 Å². The number of hydrogen-bond donors (Lipinski definition) is 0. The maximum Gasteiger partial charge on any atom is 0.227 e. The van der Waals surface area contributed by atoms with Gasteiger partial charge in [0.05, 0.1) is 13.0 Å². The smallest absolute Gasteiger partial charge is 0.227 e. The number of aromatic nitrogens is 1. The normalized spacial score (nSPS) is 16.8. The van der Waals surface area contributed by atoms with E-state index in [0.717, 1.165) is 22.8 Å². The molecule has 0 spiro atoms. The van der Waals surface area contributed by atoms with Crippen LogP contribution in [0.2, 0.25) is 5.02 Å². The van der Waals surface area contributed by atoms with Crippen LogP contribution in [0.4, 0.5) is 0 Å². The van der Waals surface area contributed by atoms with Crippen LogP contribution in [0.5, 0.6) is 5.75 Å². The van der Waals surface area contributed by atoms with Crippen molar-refractivity contribution in [1.29, 1.82) is 0 Å². The molecule has 1 saturated heterocycles. The fourth-order valence-corrected chi connectivity index (χ4v) is 3.57. The van der Waals surface area contributed by atoms with Gasteiger partial charge >= 0.3 is 0 Å². The molecule has 2 aromatic carbocycles. The lowest BCUT2D eigenvalue weighted by Gasteiger charge is -2.18. The second-order valence-corrected chi connectivity index (χ2v) is 6.90. The number of fused-ring (bicyclic) bond motifs is 1. The van der Waals surface area contributed by atoms with Crippen LogP contribution in [0.15, 0.2) is 60.9 Å². The molecule has 1 fully saturated rings. The molecule has 1 amide bonds. The van der Waals surface area contributed by atoms with Crippen LogP contribution in [0.3, 0.4) is 0 Å². The van der Waals surface area contributed by atoms with E-state index in [2.05, 4.69) is 23.2 Å². The van der Waals surface area contributed by atoms with Crippen molar-refractivity contribution in [3.05, 3.63) is 71.5 Å². The second-order valence-electron chi connectivity index (χ2n) is 6.49. The van der Waals surface area contributed by atoms with Crippen LogP contribution in [0.1, 0.15) is 12.0 Å². The molecule has 3 aromatic rings. The highest BCUT2D eigenvalue weighted by Gasteiger charge is 2.28. The Morgan fingerprint density at radius 1 is 1.19 bits per heavy atom. The molecule has 0 bridgehead atoms. The zero-order valence-corrected chi connectivity index (χ0v) is 15.0. The third-order valence-corrected chi connectivity index (χ3v) is 5.03. The highest BCUT2D eigenvalue weighted by atomic mass is 35.5. The van der Waals surface area contributed by atoms with Gasteiger partial charge in [-0.2, -0.15) is 0 Å². The predicted octanol–water partition coefficient (Wildman–Crippen LogP) is 4.11.